The van der Waals surface area contributed by atoms with Crippen LogP contribution in [0.1, 0.15) is 43.2 Å². The van der Waals surface area contributed by atoms with Crippen molar-refractivity contribution in [3.05, 3.63) is 23.3 Å². The van der Waals surface area contributed by atoms with Crippen LogP contribution in [-0.4, -0.2) is 53.3 Å². The van der Waals surface area contributed by atoms with E-state index in [1.807, 2.05) is 6.07 Å². The fraction of sp³-hybridized carbons (Fsp3) is 0.667. The van der Waals surface area contributed by atoms with Gasteiger partial charge in [0.1, 0.15) is 11.6 Å². The number of aliphatic hydroxyl groups is 1. The van der Waals surface area contributed by atoms with Crippen LogP contribution in [0, 0.1) is 5.92 Å². The zero-order chi connectivity index (χ0) is 19.3. The van der Waals surface area contributed by atoms with Crippen molar-refractivity contribution in [1.82, 2.24) is 0 Å². The molecule has 1 aromatic carbocycles. The van der Waals surface area contributed by atoms with Crippen LogP contribution < -0.4 is 14.9 Å². The molecule has 2 bridgehead atoms. The summed E-state index contributed by atoms with van der Waals surface area (Å²) >= 11 is 0. The first kappa shape index (κ1) is 17.2. The molecule has 1 N–H and O–H groups in total. The van der Waals surface area contributed by atoms with Gasteiger partial charge in [-0.3, -0.25) is 4.79 Å². The van der Waals surface area contributed by atoms with Gasteiger partial charge in [0, 0.05) is 30.7 Å². The smallest absolute Gasteiger partial charge is 0.206 e. The summed E-state index contributed by atoms with van der Waals surface area (Å²) in [4.78, 5) is 17.7. The van der Waals surface area contributed by atoms with Crippen molar-refractivity contribution in [2.45, 2.75) is 61.7 Å². The molecule has 2 saturated carbocycles. The minimum atomic E-state index is -0.997. The average Bonchev–Trinajstić information content (AvgIpc) is 3.39. The molecule has 28 heavy (non-hydrogen) atoms. The Hall–Kier alpha value is -1.67. The number of likely N-dealkylation sites (N-methyl/N-ethyl adjacent to an activating group) is 1. The second-order valence-electron chi connectivity index (χ2n) is 9.74. The first-order valence-electron chi connectivity index (χ1n) is 10.3. The molecule has 7 heteroatoms. The lowest BCUT2D eigenvalue weighted by atomic mass is 9.48. The highest BCUT2D eigenvalue weighted by Gasteiger charge is 2.76. The summed E-state index contributed by atoms with van der Waals surface area (Å²) in [5.74, 6) is 1.38. The number of hydrogen-bond acceptors (Lipinski definition) is 6. The second-order valence-corrected chi connectivity index (χ2v) is 9.74. The molecule has 1 saturated heterocycles. The lowest BCUT2D eigenvalue weighted by Gasteiger charge is -2.64. The van der Waals surface area contributed by atoms with Crippen molar-refractivity contribution in [3.63, 3.8) is 0 Å². The van der Waals surface area contributed by atoms with Crippen LogP contribution in [0.15, 0.2) is 12.1 Å². The number of quaternary nitrogens is 1. The highest BCUT2D eigenvalue weighted by atomic mass is 17.5. The summed E-state index contributed by atoms with van der Waals surface area (Å²) < 4.78 is 7.00. The highest BCUT2D eigenvalue weighted by Crippen LogP contribution is 2.66. The number of likely N-dealkylation sites (tertiary alicyclic amines) is 1. The van der Waals surface area contributed by atoms with Crippen molar-refractivity contribution in [1.29, 1.82) is 0 Å². The standard InChI is InChI=1S/C21H25NO6/c1-22(11-12-2-3-12)9-8-20-17-13-4-5-15(27-28-25)18(17)26-19(20)14(23)6-7-21(20,24)16(22)10-13/h4-5,12,16,19,24H,2-3,6-11H2,1H3/t16-,19?,20+,21-,22?/m1/s1. The van der Waals surface area contributed by atoms with Gasteiger partial charge in [0.05, 0.1) is 25.6 Å². The van der Waals surface area contributed by atoms with Gasteiger partial charge in [-0.15, -0.1) is 0 Å². The van der Waals surface area contributed by atoms with Gasteiger partial charge >= 0.3 is 0 Å². The van der Waals surface area contributed by atoms with Crippen molar-refractivity contribution in [2.24, 2.45) is 5.92 Å². The molecule has 2 heterocycles. The lowest BCUT2D eigenvalue weighted by molar-refractivity contribution is -0.950. The fourth-order valence-corrected chi connectivity index (χ4v) is 7.03. The van der Waals surface area contributed by atoms with Gasteiger partial charge < -0.3 is 24.5 Å². The minimum Gasteiger partial charge on any atom is -0.682 e. The molecule has 150 valence electrons. The van der Waals surface area contributed by atoms with Crippen LogP contribution >= 0.6 is 0 Å². The molecule has 0 radical (unpaired) electrons. The molecule has 3 fully saturated rings. The summed E-state index contributed by atoms with van der Waals surface area (Å²) in [5.41, 5.74) is 0.221. The summed E-state index contributed by atoms with van der Waals surface area (Å²) in [5, 5.41) is 26.5. The van der Waals surface area contributed by atoms with Crippen molar-refractivity contribution >= 4 is 5.78 Å². The molecule has 3 aliphatic carbocycles. The maximum atomic E-state index is 12.9. The third-order valence-corrected chi connectivity index (χ3v) is 8.38. The number of Topliss-reactive ketones (excluding diaryl/α,β-unsaturated/α-hetero) is 1. The molecule has 5 aliphatic rings. The largest absolute Gasteiger partial charge is 0.682 e. The first-order valence-corrected chi connectivity index (χ1v) is 10.3. The first-order chi connectivity index (χ1) is 13.4. The molecule has 7 nitrogen and oxygen atoms in total. The number of piperidine rings is 1. The van der Waals surface area contributed by atoms with E-state index in [9.17, 15) is 15.2 Å². The molecule has 1 aromatic rings. The highest BCUT2D eigenvalue weighted by molar-refractivity contribution is 5.90. The van der Waals surface area contributed by atoms with E-state index in [2.05, 4.69) is 12.1 Å². The summed E-state index contributed by atoms with van der Waals surface area (Å²) in [6.45, 7) is 2.01. The van der Waals surface area contributed by atoms with Crippen LogP contribution in [0.4, 0.5) is 0 Å². The molecule has 5 atom stereocenters. The Morgan fingerprint density at radius 2 is 2.18 bits per heavy atom. The lowest BCUT2D eigenvalue weighted by Crippen LogP contribution is -2.80. The van der Waals surface area contributed by atoms with Gasteiger partial charge in [0.25, 0.3) is 0 Å². The Balaban J connectivity index is 1.57. The van der Waals surface area contributed by atoms with E-state index in [1.165, 1.54) is 12.8 Å². The number of ether oxygens (including phenoxy) is 1. The van der Waals surface area contributed by atoms with Gasteiger partial charge in [0.2, 0.25) is 5.75 Å². The Morgan fingerprint density at radius 3 is 2.93 bits per heavy atom. The Bertz CT molecular complexity index is 884. The predicted octanol–water partition coefficient (Wildman–Crippen LogP) is 0.550. The zero-order valence-electron chi connectivity index (χ0n) is 16.0. The summed E-state index contributed by atoms with van der Waals surface area (Å²) in [7, 11) is 2.28. The van der Waals surface area contributed by atoms with E-state index in [1.54, 1.807) is 6.07 Å². The molecule has 1 spiro atoms. The number of benzene rings is 1. The number of ketones is 1. The average molecular weight is 387 g/mol. The predicted molar refractivity (Wildman–Crippen MR) is 94.2 cm³/mol. The minimum absolute atomic E-state index is 0.0276. The van der Waals surface area contributed by atoms with Crippen LogP contribution in [0.25, 0.3) is 0 Å². The Morgan fingerprint density at radius 1 is 1.36 bits per heavy atom. The third kappa shape index (κ3) is 1.86. The SMILES string of the molecule is C[N+]1(CC2CC2)CC[C@]23c4c5ccc(OO[O-])c4OC2C(=O)CC[C@@]3(O)[C@H]1C5. The number of carbonyl (C=O) groups excluding carboxylic acids is 1. The van der Waals surface area contributed by atoms with Crippen LogP contribution in [0.5, 0.6) is 11.5 Å². The zero-order valence-corrected chi connectivity index (χ0v) is 16.0. The maximum absolute atomic E-state index is 12.9. The van der Waals surface area contributed by atoms with E-state index >= 15 is 0 Å². The van der Waals surface area contributed by atoms with Crippen LogP contribution in [0.3, 0.4) is 0 Å². The molecular formula is C21H25NO6. The van der Waals surface area contributed by atoms with Crippen LogP contribution in [-0.2, 0) is 21.7 Å². The quantitative estimate of drug-likeness (QED) is 0.461. The Labute approximate surface area is 163 Å². The van der Waals surface area contributed by atoms with E-state index in [4.69, 9.17) is 9.62 Å². The van der Waals surface area contributed by atoms with Gasteiger partial charge in [-0.1, -0.05) is 6.07 Å². The van der Waals surface area contributed by atoms with E-state index in [0.717, 1.165) is 41.0 Å². The van der Waals surface area contributed by atoms with Gasteiger partial charge in [0.15, 0.2) is 17.6 Å². The summed E-state index contributed by atoms with van der Waals surface area (Å²) in [6, 6.07) is 3.66. The normalized spacial score (nSPS) is 42.8. The molecule has 2 unspecified atom stereocenters. The number of nitrogens with zero attached hydrogens (tertiary/aromatic N) is 1. The van der Waals surface area contributed by atoms with Crippen molar-refractivity contribution in [2.75, 3.05) is 20.1 Å². The second kappa shape index (κ2) is 5.27. The molecule has 2 aliphatic heterocycles. The molecular weight excluding hydrogens is 362 g/mol. The van der Waals surface area contributed by atoms with E-state index < -0.39 is 17.1 Å². The van der Waals surface area contributed by atoms with Gasteiger partial charge in [-0.05, 0) is 30.9 Å². The number of rotatable bonds is 4. The molecule has 6 rings (SSSR count). The fourth-order valence-electron chi connectivity index (χ4n) is 7.03. The van der Waals surface area contributed by atoms with Crippen LogP contribution in [0.2, 0.25) is 0 Å². The van der Waals surface area contributed by atoms with Crippen molar-refractivity contribution < 1.29 is 34.3 Å². The number of carbonyl (C=O) groups is 1. The van der Waals surface area contributed by atoms with E-state index in [0.29, 0.717) is 25.0 Å². The van der Waals surface area contributed by atoms with Crippen molar-refractivity contribution in [3.8, 4) is 11.5 Å². The molecule has 0 aromatic heterocycles. The number of hydrogen-bond donors (Lipinski definition) is 1. The third-order valence-electron chi connectivity index (χ3n) is 8.38. The monoisotopic (exact) mass is 387 g/mol. The van der Waals surface area contributed by atoms with Gasteiger partial charge in [-0.25, -0.2) is 5.04 Å². The molecule has 0 amide bonds. The van der Waals surface area contributed by atoms with E-state index in [-0.39, 0.29) is 17.6 Å². The summed E-state index contributed by atoms with van der Waals surface area (Å²) in [6.07, 6.45) is 4.08. The van der Waals surface area contributed by atoms with Gasteiger partial charge in [-0.2, -0.15) is 0 Å². The Kier molecular flexibility index (Phi) is 3.24. The topological polar surface area (TPSA) is 88.0 Å². The maximum Gasteiger partial charge on any atom is 0.206 e.